The van der Waals surface area contributed by atoms with Gasteiger partial charge in [-0.1, -0.05) is 76.8 Å². The average Bonchev–Trinajstić information content (AvgIpc) is 2.88. The lowest BCUT2D eigenvalue weighted by Crippen LogP contribution is -2.54. The van der Waals surface area contributed by atoms with Crippen molar-refractivity contribution in [2.45, 2.75) is 117 Å². The van der Waals surface area contributed by atoms with E-state index >= 15 is 0 Å². The third-order valence-corrected chi connectivity index (χ3v) is 7.16. The van der Waals surface area contributed by atoms with E-state index in [9.17, 15) is 14.4 Å². The summed E-state index contributed by atoms with van der Waals surface area (Å²) < 4.78 is 5.49. The van der Waals surface area contributed by atoms with Crippen molar-refractivity contribution in [1.29, 1.82) is 0 Å². The Morgan fingerprint density at radius 1 is 1.05 bits per heavy atom. The van der Waals surface area contributed by atoms with Gasteiger partial charge in [0.15, 0.2) is 0 Å². The van der Waals surface area contributed by atoms with Crippen LogP contribution in [0, 0.1) is 0 Å². The molecule has 3 amide bonds. The molecule has 0 aliphatic heterocycles. The van der Waals surface area contributed by atoms with E-state index in [1.807, 2.05) is 37.4 Å². The van der Waals surface area contributed by atoms with Gasteiger partial charge < -0.3 is 20.3 Å². The molecule has 0 bridgehead atoms. The number of carbonyl (C=O) groups is 3. The summed E-state index contributed by atoms with van der Waals surface area (Å²) in [5.41, 5.74) is 0.901. The van der Waals surface area contributed by atoms with Crippen LogP contribution in [-0.4, -0.2) is 59.0 Å². The van der Waals surface area contributed by atoms with E-state index in [4.69, 9.17) is 4.74 Å². The van der Waals surface area contributed by atoms with E-state index in [-0.39, 0.29) is 17.9 Å². The molecule has 0 fully saturated rings. The second kappa shape index (κ2) is 18.8. The molecule has 7 nitrogen and oxygen atoms in total. The molecule has 40 heavy (non-hydrogen) atoms. The molecule has 0 radical (unpaired) electrons. The van der Waals surface area contributed by atoms with Gasteiger partial charge in [0.05, 0.1) is 0 Å². The summed E-state index contributed by atoms with van der Waals surface area (Å²) in [5, 5.41) is 5.96. The zero-order valence-electron chi connectivity index (χ0n) is 25.9. The van der Waals surface area contributed by atoms with E-state index in [1.54, 1.807) is 43.5 Å². The molecule has 0 aliphatic carbocycles. The third kappa shape index (κ3) is 13.2. The Morgan fingerprint density at radius 3 is 2.35 bits per heavy atom. The third-order valence-electron chi connectivity index (χ3n) is 6.52. The minimum absolute atomic E-state index is 0.0312. The highest BCUT2D eigenvalue weighted by Gasteiger charge is 2.36. The van der Waals surface area contributed by atoms with Crippen LogP contribution in [0.4, 0.5) is 4.79 Å². The number of thioether (sulfide) groups is 1. The van der Waals surface area contributed by atoms with Crippen LogP contribution in [0.15, 0.2) is 30.8 Å². The fraction of sp³-hybridized carbons (Fsp3) is 0.656. The molecule has 0 aliphatic rings. The zero-order valence-corrected chi connectivity index (χ0v) is 26.7. The number of benzene rings is 1. The molecule has 1 aromatic rings. The number of alkyl carbamates (subject to hydrolysis) is 1. The van der Waals surface area contributed by atoms with Crippen LogP contribution >= 0.6 is 11.8 Å². The number of unbranched alkanes of at least 4 members (excludes halogenated alkanes) is 4. The van der Waals surface area contributed by atoms with E-state index < -0.39 is 23.8 Å². The minimum Gasteiger partial charge on any atom is -0.444 e. The Balaban J connectivity index is 3.52. The standard InChI is InChI=1S/C32H53N3O4S/c1-9-12-13-14-15-21-35(30(37)27(20-22-40-8)34-31(38)39-32(5,6)7)28(29(36)33-24(4)17-10-2)26-19-16-18-25(11-3)23-26/h11,16,18-19,23-24,27-28H,3,9-10,12-15,17,20-22H2,1-2,4-8H3,(H,33,36)(H,34,38). The summed E-state index contributed by atoms with van der Waals surface area (Å²) in [7, 11) is 0. The van der Waals surface area contributed by atoms with Gasteiger partial charge in [0.25, 0.3) is 0 Å². The van der Waals surface area contributed by atoms with Gasteiger partial charge in [-0.15, -0.1) is 0 Å². The van der Waals surface area contributed by atoms with Gasteiger partial charge in [-0.3, -0.25) is 9.59 Å². The fourth-order valence-corrected chi connectivity index (χ4v) is 5.02. The Bertz CT molecular complexity index is 931. The zero-order chi connectivity index (χ0) is 30.1. The summed E-state index contributed by atoms with van der Waals surface area (Å²) >= 11 is 1.60. The van der Waals surface area contributed by atoms with Crippen molar-refractivity contribution in [2.24, 2.45) is 0 Å². The molecule has 0 aromatic heterocycles. The first-order chi connectivity index (χ1) is 19.0. The van der Waals surface area contributed by atoms with E-state index in [0.29, 0.717) is 18.7 Å². The molecule has 0 spiro atoms. The fourth-order valence-electron chi connectivity index (χ4n) is 4.55. The lowest BCUT2D eigenvalue weighted by atomic mass is 9.99. The molecule has 2 N–H and O–H groups in total. The molecule has 3 atom stereocenters. The van der Waals surface area contributed by atoms with Gasteiger partial charge in [-0.2, -0.15) is 11.8 Å². The first-order valence-corrected chi connectivity index (χ1v) is 16.2. The molecule has 1 aromatic carbocycles. The van der Waals surface area contributed by atoms with E-state index in [0.717, 1.165) is 56.1 Å². The average molecular weight is 576 g/mol. The van der Waals surface area contributed by atoms with Crippen LogP contribution in [0.1, 0.15) is 110 Å². The second-order valence-electron chi connectivity index (χ2n) is 11.4. The second-order valence-corrected chi connectivity index (χ2v) is 12.4. The number of amides is 3. The highest BCUT2D eigenvalue weighted by Crippen LogP contribution is 2.26. The number of hydrogen-bond donors (Lipinski definition) is 2. The molecule has 1 rings (SSSR count). The molecule has 0 heterocycles. The SMILES string of the molecule is C=Cc1cccc(C(C(=O)NC(C)CCC)N(CCCCCCC)C(=O)C(CCSC)NC(=O)OC(C)(C)C)c1. The topological polar surface area (TPSA) is 87.7 Å². The van der Waals surface area contributed by atoms with Crippen LogP contribution in [0.5, 0.6) is 0 Å². The van der Waals surface area contributed by atoms with Crippen molar-refractivity contribution in [3.8, 4) is 0 Å². The minimum atomic E-state index is -0.838. The maximum atomic E-state index is 14.3. The van der Waals surface area contributed by atoms with Crippen LogP contribution < -0.4 is 10.6 Å². The van der Waals surface area contributed by atoms with Crippen molar-refractivity contribution in [3.63, 3.8) is 0 Å². The van der Waals surface area contributed by atoms with Gasteiger partial charge in [0.2, 0.25) is 11.8 Å². The first kappa shape index (κ1) is 35.5. The summed E-state index contributed by atoms with van der Waals surface area (Å²) in [6, 6.07) is 5.92. The lowest BCUT2D eigenvalue weighted by Gasteiger charge is -2.35. The summed E-state index contributed by atoms with van der Waals surface area (Å²) in [4.78, 5) is 42.6. The van der Waals surface area contributed by atoms with Crippen molar-refractivity contribution in [3.05, 3.63) is 42.0 Å². The van der Waals surface area contributed by atoms with Gasteiger partial charge in [0.1, 0.15) is 17.7 Å². The highest BCUT2D eigenvalue weighted by molar-refractivity contribution is 7.98. The van der Waals surface area contributed by atoms with Gasteiger partial charge >= 0.3 is 6.09 Å². The summed E-state index contributed by atoms with van der Waals surface area (Å²) in [6.45, 7) is 15.9. The normalized spacial score (nSPS) is 13.6. The van der Waals surface area contributed by atoms with Crippen molar-refractivity contribution in [1.82, 2.24) is 15.5 Å². The molecule has 3 unspecified atom stereocenters. The number of nitrogens with one attached hydrogen (secondary N) is 2. The lowest BCUT2D eigenvalue weighted by molar-refractivity contribution is -0.143. The maximum Gasteiger partial charge on any atom is 0.408 e. The summed E-state index contributed by atoms with van der Waals surface area (Å²) in [6.07, 6.45) is 10.3. The molecule has 0 saturated carbocycles. The first-order valence-electron chi connectivity index (χ1n) is 14.8. The quantitative estimate of drug-likeness (QED) is 0.182. The smallest absolute Gasteiger partial charge is 0.408 e. The Morgan fingerprint density at radius 2 is 1.75 bits per heavy atom. The molecule has 226 valence electrons. The molecular weight excluding hydrogens is 522 g/mol. The van der Waals surface area contributed by atoms with E-state index in [1.165, 1.54) is 0 Å². The van der Waals surface area contributed by atoms with Crippen molar-refractivity contribution in [2.75, 3.05) is 18.6 Å². The Kier molecular flexibility index (Phi) is 16.7. The molecule has 0 saturated heterocycles. The maximum absolute atomic E-state index is 14.3. The Hall–Kier alpha value is -2.48. The molecular formula is C32H53N3O4S. The van der Waals surface area contributed by atoms with E-state index in [2.05, 4.69) is 31.1 Å². The van der Waals surface area contributed by atoms with Gasteiger partial charge in [-0.05, 0) is 76.2 Å². The Labute approximate surface area is 247 Å². The number of nitrogens with zero attached hydrogens (tertiary/aromatic N) is 1. The summed E-state index contributed by atoms with van der Waals surface area (Å²) in [5.74, 6) is 0.181. The van der Waals surface area contributed by atoms with Gasteiger partial charge in [0, 0.05) is 12.6 Å². The number of carbonyl (C=O) groups excluding carboxylic acids is 3. The highest BCUT2D eigenvalue weighted by atomic mass is 32.2. The van der Waals surface area contributed by atoms with Crippen LogP contribution in [0.2, 0.25) is 0 Å². The molecule has 8 heteroatoms. The van der Waals surface area contributed by atoms with Crippen LogP contribution in [0.3, 0.4) is 0 Å². The van der Waals surface area contributed by atoms with Gasteiger partial charge in [-0.25, -0.2) is 4.79 Å². The van der Waals surface area contributed by atoms with Crippen LogP contribution in [0.25, 0.3) is 6.08 Å². The van der Waals surface area contributed by atoms with Crippen LogP contribution in [-0.2, 0) is 14.3 Å². The number of ether oxygens (including phenoxy) is 1. The number of hydrogen-bond acceptors (Lipinski definition) is 5. The number of rotatable bonds is 18. The largest absolute Gasteiger partial charge is 0.444 e. The monoisotopic (exact) mass is 575 g/mol. The van der Waals surface area contributed by atoms with Crippen molar-refractivity contribution < 1.29 is 19.1 Å². The van der Waals surface area contributed by atoms with Crippen molar-refractivity contribution >= 4 is 35.7 Å². The predicted octanol–water partition coefficient (Wildman–Crippen LogP) is 7.12. The predicted molar refractivity (Wildman–Crippen MR) is 168 cm³/mol.